The van der Waals surface area contributed by atoms with E-state index < -0.39 is 0 Å². The molecule has 146 valence electrons. The van der Waals surface area contributed by atoms with Crippen molar-refractivity contribution in [3.8, 4) is 5.75 Å². The van der Waals surface area contributed by atoms with Crippen LogP contribution in [0.3, 0.4) is 0 Å². The molecule has 0 aliphatic carbocycles. The summed E-state index contributed by atoms with van der Waals surface area (Å²) >= 11 is 1.47. The number of thiazole rings is 1. The molecule has 0 unspecified atom stereocenters. The van der Waals surface area contributed by atoms with E-state index in [0.717, 1.165) is 53.6 Å². The van der Waals surface area contributed by atoms with E-state index in [1.165, 1.54) is 23.0 Å². The zero-order valence-electron chi connectivity index (χ0n) is 15.6. The number of aromatic nitrogens is 1. The van der Waals surface area contributed by atoms with Crippen LogP contribution in [0, 0.1) is 10.1 Å². The largest absolute Gasteiger partial charge is 0.496 e. The zero-order valence-corrected chi connectivity index (χ0v) is 16.4. The Balaban J connectivity index is 1.35. The molecule has 1 N–H and O–H groups in total. The molecule has 1 saturated heterocycles. The molecule has 0 atom stereocenters. The van der Waals surface area contributed by atoms with Gasteiger partial charge in [0.25, 0.3) is 5.69 Å². The van der Waals surface area contributed by atoms with Gasteiger partial charge < -0.3 is 10.1 Å². The number of nitro groups is 1. The fourth-order valence-electron chi connectivity index (χ4n) is 3.57. The standard InChI is InChI=1S/C20H22N4O3S/c1-27-18-5-3-2-4-14(18)13-23-10-8-15(9-11-23)21-20-22-17-7-6-16(24(25)26)12-19(17)28-20/h2-7,12,15H,8-11,13H2,1H3,(H,21,22). The van der Waals surface area contributed by atoms with Gasteiger partial charge in [-0.05, 0) is 25.0 Å². The van der Waals surface area contributed by atoms with Gasteiger partial charge in [0.2, 0.25) is 0 Å². The second kappa shape index (κ2) is 8.12. The summed E-state index contributed by atoms with van der Waals surface area (Å²) in [6, 6.07) is 13.3. The van der Waals surface area contributed by atoms with Crippen LogP contribution in [-0.2, 0) is 6.54 Å². The van der Waals surface area contributed by atoms with Gasteiger partial charge in [0.15, 0.2) is 5.13 Å². The van der Waals surface area contributed by atoms with Crippen molar-refractivity contribution in [3.05, 3.63) is 58.1 Å². The van der Waals surface area contributed by atoms with Crippen LogP contribution in [0.1, 0.15) is 18.4 Å². The van der Waals surface area contributed by atoms with Gasteiger partial charge in [0, 0.05) is 43.4 Å². The molecule has 1 aromatic heterocycles. The number of ether oxygens (including phenoxy) is 1. The number of para-hydroxylation sites is 1. The van der Waals surface area contributed by atoms with Crippen LogP contribution in [0.5, 0.6) is 5.75 Å². The minimum Gasteiger partial charge on any atom is -0.496 e. The van der Waals surface area contributed by atoms with E-state index >= 15 is 0 Å². The van der Waals surface area contributed by atoms with Gasteiger partial charge in [0.05, 0.1) is 22.2 Å². The van der Waals surface area contributed by atoms with Gasteiger partial charge in [-0.25, -0.2) is 4.98 Å². The van der Waals surface area contributed by atoms with Crippen molar-refractivity contribution in [2.45, 2.75) is 25.4 Å². The third kappa shape index (κ3) is 4.07. The van der Waals surface area contributed by atoms with E-state index in [1.807, 2.05) is 18.2 Å². The Morgan fingerprint density at radius 3 is 2.82 bits per heavy atom. The third-order valence-electron chi connectivity index (χ3n) is 5.08. The number of fused-ring (bicyclic) bond motifs is 1. The number of nitro benzene ring substituents is 1. The number of hydrogen-bond donors (Lipinski definition) is 1. The molecule has 0 radical (unpaired) electrons. The molecule has 2 aromatic carbocycles. The van der Waals surface area contributed by atoms with Crippen LogP contribution < -0.4 is 10.1 Å². The number of hydrogen-bond acceptors (Lipinski definition) is 7. The van der Waals surface area contributed by atoms with E-state index in [0.29, 0.717) is 6.04 Å². The molecule has 3 aromatic rings. The molecule has 8 heteroatoms. The Labute approximate surface area is 167 Å². The summed E-state index contributed by atoms with van der Waals surface area (Å²) in [5.41, 5.74) is 2.11. The number of nitrogens with zero attached hydrogens (tertiary/aromatic N) is 3. The molecule has 0 amide bonds. The first-order valence-electron chi connectivity index (χ1n) is 9.28. The monoisotopic (exact) mass is 398 g/mol. The van der Waals surface area contributed by atoms with Crippen molar-refractivity contribution in [1.82, 2.24) is 9.88 Å². The molecule has 7 nitrogen and oxygen atoms in total. The molecule has 28 heavy (non-hydrogen) atoms. The highest BCUT2D eigenvalue weighted by Gasteiger charge is 2.21. The normalized spacial score (nSPS) is 15.6. The Morgan fingerprint density at radius 1 is 1.29 bits per heavy atom. The number of benzene rings is 2. The summed E-state index contributed by atoms with van der Waals surface area (Å²) in [5, 5.41) is 15.3. The first-order chi connectivity index (χ1) is 13.6. The number of non-ortho nitro benzene ring substituents is 1. The first-order valence-corrected chi connectivity index (χ1v) is 10.1. The molecule has 1 aliphatic rings. The molecule has 2 heterocycles. The second-order valence-electron chi connectivity index (χ2n) is 6.93. The lowest BCUT2D eigenvalue weighted by Gasteiger charge is -2.32. The van der Waals surface area contributed by atoms with E-state index in [-0.39, 0.29) is 10.6 Å². The molecule has 4 rings (SSSR count). The van der Waals surface area contributed by atoms with Crippen molar-refractivity contribution in [3.63, 3.8) is 0 Å². The highest BCUT2D eigenvalue weighted by atomic mass is 32.1. The maximum atomic E-state index is 10.9. The number of piperidine rings is 1. The maximum Gasteiger partial charge on any atom is 0.270 e. The average Bonchev–Trinajstić information content (AvgIpc) is 3.11. The quantitative estimate of drug-likeness (QED) is 0.493. The number of anilines is 1. The lowest BCUT2D eigenvalue weighted by Crippen LogP contribution is -2.38. The molecule has 0 saturated carbocycles. The maximum absolute atomic E-state index is 10.9. The van der Waals surface area contributed by atoms with Crippen molar-refractivity contribution >= 4 is 32.4 Å². The average molecular weight is 398 g/mol. The van der Waals surface area contributed by atoms with Crippen molar-refractivity contribution in [2.75, 3.05) is 25.5 Å². The SMILES string of the molecule is COc1ccccc1CN1CCC(Nc2nc3ccc([N+](=O)[O-])cc3s2)CC1. The molecular weight excluding hydrogens is 376 g/mol. The van der Waals surface area contributed by atoms with Gasteiger partial charge in [-0.1, -0.05) is 29.5 Å². The van der Waals surface area contributed by atoms with E-state index in [2.05, 4.69) is 21.3 Å². The number of methoxy groups -OCH3 is 1. The van der Waals surface area contributed by atoms with Gasteiger partial charge in [0.1, 0.15) is 5.75 Å². The van der Waals surface area contributed by atoms with E-state index in [1.54, 1.807) is 19.2 Å². The Hall–Kier alpha value is -2.71. The highest BCUT2D eigenvalue weighted by molar-refractivity contribution is 7.22. The zero-order chi connectivity index (χ0) is 19.5. The summed E-state index contributed by atoms with van der Waals surface area (Å²) < 4.78 is 6.29. The minimum absolute atomic E-state index is 0.104. The third-order valence-corrected chi connectivity index (χ3v) is 6.03. The minimum atomic E-state index is -0.371. The van der Waals surface area contributed by atoms with Gasteiger partial charge in [-0.2, -0.15) is 0 Å². The Morgan fingerprint density at radius 2 is 2.07 bits per heavy atom. The second-order valence-corrected chi connectivity index (χ2v) is 7.97. The van der Waals surface area contributed by atoms with Gasteiger partial charge >= 0.3 is 0 Å². The van der Waals surface area contributed by atoms with Crippen molar-refractivity contribution in [1.29, 1.82) is 0 Å². The molecule has 1 aliphatic heterocycles. The first kappa shape index (κ1) is 18.6. The smallest absolute Gasteiger partial charge is 0.270 e. The summed E-state index contributed by atoms with van der Waals surface area (Å²) in [5.74, 6) is 0.936. The molecule has 1 fully saturated rings. The summed E-state index contributed by atoms with van der Waals surface area (Å²) in [6.07, 6.45) is 2.07. The summed E-state index contributed by atoms with van der Waals surface area (Å²) in [4.78, 5) is 17.6. The fourth-order valence-corrected chi connectivity index (χ4v) is 4.55. The summed E-state index contributed by atoms with van der Waals surface area (Å²) in [6.45, 7) is 2.90. The summed E-state index contributed by atoms with van der Waals surface area (Å²) in [7, 11) is 1.71. The Kier molecular flexibility index (Phi) is 5.40. The lowest BCUT2D eigenvalue weighted by molar-refractivity contribution is -0.384. The van der Waals surface area contributed by atoms with Crippen molar-refractivity contribution in [2.24, 2.45) is 0 Å². The van der Waals surface area contributed by atoms with Crippen LogP contribution in [-0.4, -0.2) is 41.0 Å². The fraction of sp³-hybridized carbons (Fsp3) is 0.350. The number of nitrogens with one attached hydrogen (secondary N) is 1. The van der Waals surface area contributed by atoms with E-state index in [9.17, 15) is 10.1 Å². The topological polar surface area (TPSA) is 80.5 Å². The molecule has 0 bridgehead atoms. The molecule has 0 spiro atoms. The van der Waals surface area contributed by atoms with Crippen molar-refractivity contribution < 1.29 is 9.66 Å². The van der Waals surface area contributed by atoms with E-state index in [4.69, 9.17) is 4.74 Å². The predicted octanol–water partition coefficient (Wildman–Crippen LogP) is 4.29. The van der Waals surface area contributed by atoms with Crippen LogP contribution in [0.25, 0.3) is 10.2 Å². The number of rotatable bonds is 6. The molecular formula is C20H22N4O3S. The predicted molar refractivity (Wildman–Crippen MR) is 111 cm³/mol. The van der Waals surface area contributed by atoms with Crippen LogP contribution >= 0.6 is 11.3 Å². The number of likely N-dealkylation sites (tertiary alicyclic amines) is 1. The van der Waals surface area contributed by atoms with Gasteiger partial charge in [-0.3, -0.25) is 15.0 Å². The lowest BCUT2D eigenvalue weighted by atomic mass is 10.0. The van der Waals surface area contributed by atoms with Crippen LogP contribution in [0.2, 0.25) is 0 Å². The van der Waals surface area contributed by atoms with Crippen LogP contribution in [0.4, 0.5) is 10.8 Å². The van der Waals surface area contributed by atoms with Crippen LogP contribution in [0.15, 0.2) is 42.5 Å². The van der Waals surface area contributed by atoms with Gasteiger partial charge in [-0.15, -0.1) is 0 Å². The highest BCUT2D eigenvalue weighted by Crippen LogP contribution is 2.30. The Bertz CT molecular complexity index is 982.